The number of nitrogens with zero attached hydrogens (tertiary/aromatic N) is 2. The van der Waals surface area contributed by atoms with Gasteiger partial charge in [0, 0.05) is 11.4 Å². The maximum atomic E-state index is 13.1. The molecule has 1 N–H and O–H groups in total. The summed E-state index contributed by atoms with van der Waals surface area (Å²) >= 11 is 1.29. The first kappa shape index (κ1) is 20.2. The SMILES string of the molecule is Cc1cccc(C)c1-n1c(C)cc(/C=C2/SC(=Nc3ccc(F)cc3)NC2=O)c1C. The van der Waals surface area contributed by atoms with Gasteiger partial charge in [-0.2, -0.15) is 0 Å². The Kier molecular flexibility index (Phi) is 5.35. The highest BCUT2D eigenvalue weighted by atomic mass is 32.2. The third-order valence-corrected chi connectivity index (χ3v) is 6.04. The van der Waals surface area contributed by atoms with E-state index >= 15 is 0 Å². The van der Waals surface area contributed by atoms with Crippen molar-refractivity contribution in [3.63, 3.8) is 0 Å². The van der Waals surface area contributed by atoms with Crippen LogP contribution in [0.2, 0.25) is 0 Å². The van der Waals surface area contributed by atoms with Gasteiger partial charge in [-0.3, -0.25) is 4.79 Å². The predicted molar refractivity (Wildman–Crippen MR) is 122 cm³/mol. The van der Waals surface area contributed by atoms with Crippen molar-refractivity contribution < 1.29 is 9.18 Å². The molecular weight excluding hydrogens is 397 g/mol. The molecule has 4 rings (SSSR count). The minimum Gasteiger partial charge on any atom is -0.317 e. The fraction of sp³-hybridized carbons (Fsp3) is 0.167. The first-order valence-electron chi connectivity index (χ1n) is 9.64. The number of benzene rings is 2. The molecule has 6 heteroatoms. The number of para-hydroxylation sites is 1. The lowest BCUT2D eigenvalue weighted by molar-refractivity contribution is -0.115. The summed E-state index contributed by atoms with van der Waals surface area (Å²) in [6.45, 7) is 8.36. The van der Waals surface area contributed by atoms with E-state index in [1.807, 2.05) is 6.08 Å². The van der Waals surface area contributed by atoms with Crippen molar-refractivity contribution in [1.29, 1.82) is 0 Å². The van der Waals surface area contributed by atoms with Crippen LogP contribution in [0.1, 0.15) is 28.1 Å². The molecule has 0 spiro atoms. The fourth-order valence-corrected chi connectivity index (χ4v) is 4.52. The average Bonchev–Trinajstić information content (AvgIpc) is 3.17. The number of amidine groups is 1. The monoisotopic (exact) mass is 419 g/mol. The van der Waals surface area contributed by atoms with Gasteiger partial charge < -0.3 is 9.88 Å². The number of nitrogens with one attached hydrogen (secondary N) is 1. The van der Waals surface area contributed by atoms with Crippen molar-refractivity contribution in [3.8, 4) is 5.69 Å². The van der Waals surface area contributed by atoms with Crippen molar-refractivity contribution in [2.75, 3.05) is 0 Å². The Balaban J connectivity index is 1.67. The largest absolute Gasteiger partial charge is 0.317 e. The van der Waals surface area contributed by atoms with E-state index in [9.17, 15) is 9.18 Å². The van der Waals surface area contributed by atoms with Crippen LogP contribution >= 0.6 is 11.8 Å². The van der Waals surface area contributed by atoms with Crippen LogP contribution in [0.15, 0.2) is 58.4 Å². The predicted octanol–water partition coefficient (Wildman–Crippen LogP) is 5.74. The van der Waals surface area contributed by atoms with Crippen molar-refractivity contribution in [1.82, 2.24) is 9.88 Å². The Bertz CT molecular complexity index is 1190. The summed E-state index contributed by atoms with van der Waals surface area (Å²) in [5.41, 5.74) is 7.37. The molecule has 0 aliphatic carbocycles. The van der Waals surface area contributed by atoms with Gasteiger partial charge in [-0.25, -0.2) is 9.38 Å². The third-order valence-electron chi connectivity index (χ3n) is 5.13. The number of thioether (sulfide) groups is 1. The van der Waals surface area contributed by atoms with Crippen molar-refractivity contribution in [2.45, 2.75) is 27.7 Å². The zero-order valence-corrected chi connectivity index (χ0v) is 18.1. The second-order valence-corrected chi connectivity index (χ2v) is 8.39. The molecule has 1 aromatic heterocycles. The minimum absolute atomic E-state index is 0.183. The van der Waals surface area contributed by atoms with Gasteiger partial charge in [0.15, 0.2) is 5.17 Å². The highest BCUT2D eigenvalue weighted by Gasteiger charge is 2.25. The Labute approximate surface area is 179 Å². The van der Waals surface area contributed by atoms with E-state index in [0.29, 0.717) is 15.8 Å². The topological polar surface area (TPSA) is 46.4 Å². The van der Waals surface area contributed by atoms with Crippen LogP contribution in [-0.2, 0) is 4.79 Å². The van der Waals surface area contributed by atoms with Crippen LogP contribution in [0, 0.1) is 33.5 Å². The van der Waals surface area contributed by atoms with E-state index in [-0.39, 0.29) is 11.7 Å². The summed E-state index contributed by atoms with van der Waals surface area (Å²) < 4.78 is 15.3. The number of aliphatic imine (C=N–C) groups is 1. The number of carbonyl (C=O) groups is 1. The number of carbonyl (C=O) groups excluding carboxylic acids is 1. The Morgan fingerprint density at radius 2 is 1.70 bits per heavy atom. The first-order valence-corrected chi connectivity index (χ1v) is 10.5. The Hall–Kier alpha value is -3.12. The molecule has 30 heavy (non-hydrogen) atoms. The number of rotatable bonds is 3. The van der Waals surface area contributed by atoms with Gasteiger partial charge in [0.1, 0.15) is 5.82 Å². The Morgan fingerprint density at radius 3 is 2.37 bits per heavy atom. The number of hydrogen-bond donors (Lipinski definition) is 1. The van der Waals surface area contributed by atoms with Gasteiger partial charge in [-0.15, -0.1) is 0 Å². The lowest BCUT2D eigenvalue weighted by Gasteiger charge is -2.15. The molecule has 0 saturated carbocycles. The van der Waals surface area contributed by atoms with Crippen LogP contribution in [0.3, 0.4) is 0 Å². The lowest BCUT2D eigenvalue weighted by Crippen LogP contribution is -2.19. The molecule has 2 heterocycles. The van der Waals surface area contributed by atoms with Gasteiger partial charge >= 0.3 is 0 Å². The molecule has 1 saturated heterocycles. The number of aromatic nitrogens is 1. The van der Waals surface area contributed by atoms with E-state index in [4.69, 9.17) is 0 Å². The zero-order valence-electron chi connectivity index (χ0n) is 17.3. The maximum Gasteiger partial charge on any atom is 0.264 e. The minimum atomic E-state index is -0.318. The van der Waals surface area contributed by atoms with Crippen LogP contribution in [0.5, 0.6) is 0 Å². The molecule has 0 unspecified atom stereocenters. The van der Waals surface area contributed by atoms with E-state index < -0.39 is 0 Å². The molecule has 1 aliphatic rings. The molecule has 1 amide bonds. The molecule has 2 aromatic carbocycles. The Morgan fingerprint density at radius 1 is 1.03 bits per heavy atom. The number of amides is 1. The second kappa shape index (κ2) is 7.95. The molecular formula is C24H22FN3OS. The fourth-order valence-electron chi connectivity index (χ4n) is 3.69. The van der Waals surface area contributed by atoms with Crippen LogP contribution in [0.25, 0.3) is 11.8 Å². The molecule has 3 aromatic rings. The summed E-state index contributed by atoms with van der Waals surface area (Å²) in [5, 5.41) is 3.27. The molecule has 0 atom stereocenters. The normalized spacial score (nSPS) is 16.5. The molecule has 1 aliphatic heterocycles. The van der Waals surface area contributed by atoms with E-state index in [1.165, 1.54) is 40.7 Å². The van der Waals surface area contributed by atoms with Crippen molar-refractivity contribution >= 4 is 34.6 Å². The lowest BCUT2D eigenvalue weighted by atomic mass is 10.1. The molecule has 4 nitrogen and oxygen atoms in total. The van der Waals surface area contributed by atoms with Gasteiger partial charge in [-0.1, -0.05) is 18.2 Å². The molecule has 1 fully saturated rings. The van der Waals surface area contributed by atoms with Crippen LogP contribution in [0.4, 0.5) is 10.1 Å². The van der Waals surface area contributed by atoms with E-state index in [2.05, 4.69) is 66.8 Å². The third kappa shape index (κ3) is 3.83. The standard InChI is InChI=1S/C24H22FN3OS/c1-14-6-5-7-15(2)22(14)28-16(3)12-18(17(28)4)13-21-23(29)27-24(30-21)26-20-10-8-19(25)9-11-20/h5-13H,1-4H3,(H,26,27,29)/b21-13+. The smallest absolute Gasteiger partial charge is 0.264 e. The zero-order chi connectivity index (χ0) is 21.4. The maximum absolute atomic E-state index is 13.1. The summed E-state index contributed by atoms with van der Waals surface area (Å²) in [7, 11) is 0. The summed E-state index contributed by atoms with van der Waals surface area (Å²) in [5.74, 6) is -0.500. The van der Waals surface area contributed by atoms with Gasteiger partial charge in [-0.05, 0) is 92.6 Å². The molecule has 152 valence electrons. The van der Waals surface area contributed by atoms with Crippen LogP contribution < -0.4 is 5.32 Å². The number of hydrogen-bond acceptors (Lipinski definition) is 3. The summed E-state index contributed by atoms with van der Waals surface area (Å²) in [6.07, 6.45) is 1.90. The average molecular weight is 420 g/mol. The highest BCUT2D eigenvalue weighted by Crippen LogP contribution is 2.31. The number of aryl methyl sites for hydroxylation is 3. The highest BCUT2D eigenvalue weighted by molar-refractivity contribution is 8.18. The number of halogens is 1. The molecule has 0 bridgehead atoms. The van der Waals surface area contributed by atoms with Crippen molar-refractivity contribution in [2.24, 2.45) is 4.99 Å². The quantitative estimate of drug-likeness (QED) is 0.550. The second-order valence-electron chi connectivity index (χ2n) is 7.36. The van der Waals surface area contributed by atoms with E-state index in [0.717, 1.165) is 17.0 Å². The van der Waals surface area contributed by atoms with Gasteiger partial charge in [0.25, 0.3) is 5.91 Å². The first-order chi connectivity index (χ1) is 14.3. The van der Waals surface area contributed by atoms with E-state index in [1.54, 1.807) is 12.1 Å². The van der Waals surface area contributed by atoms with Gasteiger partial charge in [0.2, 0.25) is 0 Å². The summed E-state index contributed by atoms with van der Waals surface area (Å²) in [4.78, 5) is 17.4. The van der Waals surface area contributed by atoms with Crippen molar-refractivity contribution in [3.05, 3.63) is 87.3 Å². The molecule has 0 radical (unpaired) electrons. The van der Waals surface area contributed by atoms with Gasteiger partial charge in [0.05, 0.1) is 16.3 Å². The van der Waals surface area contributed by atoms with Crippen LogP contribution in [-0.4, -0.2) is 15.6 Å². The summed E-state index contributed by atoms with van der Waals surface area (Å²) in [6, 6.07) is 14.2.